The molecule has 1 rings (SSSR count). The highest BCUT2D eigenvalue weighted by Gasteiger charge is 2.24. The smallest absolute Gasteiger partial charge is 0.244 e. The van der Waals surface area contributed by atoms with Gasteiger partial charge in [-0.1, -0.05) is 25.8 Å². The Morgan fingerprint density at radius 2 is 2.06 bits per heavy atom. The van der Waals surface area contributed by atoms with E-state index >= 15 is 0 Å². The van der Waals surface area contributed by atoms with Gasteiger partial charge in [-0.25, -0.2) is 8.42 Å². The monoisotopic (exact) mass is 266 g/mol. The van der Waals surface area contributed by atoms with Gasteiger partial charge in [0, 0.05) is 12.2 Å². The second kappa shape index (κ2) is 5.89. The molecule has 1 aromatic carbocycles. The number of benzene rings is 1. The zero-order chi connectivity index (χ0) is 13.8. The quantitative estimate of drug-likeness (QED) is 0.648. The van der Waals surface area contributed by atoms with Crippen molar-refractivity contribution in [1.82, 2.24) is 4.31 Å². The van der Waals surface area contributed by atoms with E-state index in [2.05, 4.69) is 5.92 Å². The summed E-state index contributed by atoms with van der Waals surface area (Å²) in [6, 6.07) is 4.94. The maximum absolute atomic E-state index is 12.5. The van der Waals surface area contributed by atoms with Gasteiger partial charge >= 0.3 is 0 Å². The lowest BCUT2D eigenvalue weighted by atomic mass is 10.1. The summed E-state index contributed by atoms with van der Waals surface area (Å²) in [7, 11) is -3.57. The van der Waals surface area contributed by atoms with Crippen molar-refractivity contribution in [3.8, 4) is 12.3 Å². The highest BCUT2D eigenvalue weighted by molar-refractivity contribution is 7.89. The number of rotatable bonds is 5. The molecule has 0 aromatic heterocycles. The molecule has 0 aliphatic rings. The van der Waals surface area contributed by atoms with Crippen molar-refractivity contribution in [3.63, 3.8) is 0 Å². The van der Waals surface area contributed by atoms with Gasteiger partial charge in [0.2, 0.25) is 10.0 Å². The van der Waals surface area contributed by atoms with Gasteiger partial charge in [-0.2, -0.15) is 4.31 Å². The van der Waals surface area contributed by atoms with E-state index < -0.39 is 10.0 Å². The fourth-order valence-electron chi connectivity index (χ4n) is 1.71. The fraction of sp³-hybridized carbons (Fsp3) is 0.385. The maximum Gasteiger partial charge on any atom is 0.244 e. The van der Waals surface area contributed by atoms with Crippen LogP contribution in [0.3, 0.4) is 0 Å². The van der Waals surface area contributed by atoms with Gasteiger partial charge in [-0.05, 0) is 24.1 Å². The minimum atomic E-state index is -3.57. The summed E-state index contributed by atoms with van der Waals surface area (Å²) in [5.74, 6) is 2.36. The van der Waals surface area contributed by atoms with Crippen LogP contribution in [0.25, 0.3) is 0 Å². The minimum Gasteiger partial charge on any atom is -0.399 e. The lowest BCUT2D eigenvalue weighted by molar-refractivity contribution is 0.463. The standard InChI is InChI=1S/C13H18N2O2S/c1-4-9-15(6-3)18(16,17)13-10-12(14)8-7-11(13)5-2/h1,7-8,10H,5-6,9,14H2,2-3H3. The largest absolute Gasteiger partial charge is 0.399 e. The molecule has 1 aromatic rings. The molecule has 0 aliphatic heterocycles. The summed E-state index contributed by atoms with van der Waals surface area (Å²) in [6.45, 7) is 4.07. The van der Waals surface area contributed by atoms with Crippen molar-refractivity contribution in [1.29, 1.82) is 0 Å². The molecule has 98 valence electrons. The number of aryl methyl sites for hydroxylation is 1. The van der Waals surface area contributed by atoms with E-state index in [1.165, 1.54) is 10.4 Å². The highest BCUT2D eigenvalue weighted by Crippen LogP contribution is 2.23. The van der Waals surface area contributed by atoms with Crippen molar-refractivity contribution < 1.29 is 8.42 Å². The van der Waals surface area contributed by atoms with Gasteiger partial charge in [0.25, 0.3) is 0 Å². The molecule has 0 bridgehead atoms. The molecule has 0 saturated carbocycles. The molecule has 2 N–H and O–H groups in total. The molecule has 0 unspecified atom stereocenters. The summed E-state index contributed by atoms with van der Waals surface area (Å²) >= 11 is 0. The SMILES string of the molecule is C#CCN(CC)S(=O)(=O)c1cc(N)ccc1CC. The average Bonchev–Trinajstić information content (AvgIpc) is 2.35. The fourth-order valence-corrected chi connectivity index (χ4v) is 3.40. The van der Waals surface area contributed by atoms with Crippen LogP contribution in [0.2, 0.25) is 0 Å². The van der Waals surface area contributed by atoms with Crippen LogP contribution in [0.1, 0.15) is 19.4 Å². The molecule has 0 fully saturated rings. The van der Waals surface area contributed by atoms with E-state index in [1.54, 1.807) is 19.1 Å². The Kier molecular flexibility index (Phi) is 4.76. The predicted molar refractivity (Wildman–Crippen MR) is 73.5 cm³/mol. The first-order valence-electron chi connectivity index (χ1n) is 5.79. The molecule has 0 amide bonds. The van der Waals surface area contributed by atoms with E-state index in [1.807, 2.05) is 6.92 Å². The van der Waals surface area contributed by atoms with Crippen molar-refractivity contribution in [2.45, 2.75) is 25.2 Å². The number of sulfonamides is 1. The van der Waals surface area contributed by atoms with E-state index in [0.717, 1.165) is 5.56 Å². The topological polar surface area (TPSA) is 63.4 Å². The minimum absolute atomic E-state index is 0.0663. The third kappa shape index (κ3) is 2.84. The molecular weight excluding hydrogens is 248 g/mol. The zero-order valence-electron chi connectivity index (χ0n) is 10.7. The molecule has 0 heterocycles. The van der Waals surface area contributed by atoms with Crippen LogP contribution in [0, 0.1) is 12.3 Å². The number of hydrogen-bond donors (Lipinski definition) is 1. The number of hydrogen-bond acceptors (Lipinski definition) is 3. The first-order chi connectivity index (χ1) is 8.47. The Morgan fingerprint density at radius 3 is 2.56 bits per heavy atom. The lowest BCUT2D eigenvalue weighted by Gasteiger charge is -2.20. The van der Waals surface area contributed by atoms with Crippen LogP contribution in [-0.2, 0) is 16.4 Å². The van der Waals surface area contributed by atoms with Gasteiger partial charge in [0.15, 0.2) is 0 Å². The van der Waals surface area contributed by atoms with E-state index in [4.69, 9.17) is 12.2 Å². The summed E-state index contributed by atoms with van der Waals surface area (Å²) in [5, 5.41) is 0. The van der Waals surface area contributed by atoms with Crippen LogP contribution in [-0.4, -0.2) is 25.8 Å². The Bertz CT molecular complexity index is 559. The number of nitrogens with two attached hydrogens (primary N) is 1. The van der Waals surface area contributed by atoms with Crippen molar-refractivity contribution in [3.05, 3.63) is 23.8 Å². The molecule has 0 atom stereocenters. The van der Waals surface area contributed by atoms with Crippen LogP contribution in [0.4, 0.5) is 5.69 Å². The Hall–Kier alpha value is -1.51. The van der Waals surface area contributed by atoms with E-state index in [9.17, 15) is 8.42 Å². The van der Waals surface area contributed by atoms with Crippen LogP contribution >= 0.6 is 0 Å². The zero-order valence-corrected chi connectivity index (χ0v) is 11.5. The van der Waals surface area contributed by atoms with Crippen LogP contribution in [0.5, 0.6) is 0 Å². The Morgan fingerprint density at radius 1 is 1.39 bits per heavy atom. The normalized spacial score (nSPS) is 11.4. The third-order valence-electron chi connectivity index (χ3n) is 2.71. The Balaban J connectivity index is 3.35. The summed E-state index contributed by atoms with van der Waals surface area (Å²) in [5.41, 5.74) is 6.85. The van der Waals surface area contributed by atoms with Crippen molar-refractivity contribution >= 4 is 15.7 Å². The number of nitrogen functional groups attached to an aromatic ring is 1. The van der Waals surface area contributed by atoms with Gasteiger partial charge < -0.3 is 5.73 Å². The van der Waals surface area contributed by atoms with Crippen LogP contribution in [0.15, 0.2) is 23.1 Å². The van der Waals surface area contributed by atoms with Crippen molar-refractivity contribution in [2.24, 2.45) is 0 Å². The maximum atomic E-state index is 12.5. The first-order valence-corrected chi connectivity index (χ1v) is 7.23. The predicted octanol–water partition coefficient (Wildman–Crippen LogP) is 1.48. The lowest BCUT2D eigenvalue weighted by Crippen LogP contribution is -2.32. The molecule has 0 saturated heterocycles. The first kappa shape index (κ1) is 14.6. The van der Waals surface area contributed by atoms with Gasteiger partial charge in [0.1, 0.15) is 0 Å². The summed E-state index contributed by atoms with van der Waals surface area (Å²) < 4.78 is 26.2. The molecule has 4 nitrogen and oxygen atoms in total. The average molecular weight is 266 g/mol. The summed E-state index contributed by atoms with van der Waals surface area (Å²) in [4.78, 5) is 0.252. The molecule has 0 aliphatic carbocycles. The molecule has 0 radical (unpaired) electrons. The van der Waals surface area contributed by atoms with Gasteiger partial charge in [-0.3, -0.25) is 0 Å². The van der Waals surface area contributed by atoms with Crippen molar-refractivity contribution in [2.75, 3.05) is 18.8 Å². The molecular formula is C13H18N2O2S. The van der Waals surface area contributed by atoms with E-state index in [-0.39, 0.29) is 11.4 Å². The number of terminal acetylenes is 1. The molecule has 0 spiro atoms. The third-order valence-corrected chi connectivity index (χ3v) is 4.71. The number of anilines is 1. The van der Waals surface area contributed by atoms with Gasteiger partial charge in [0.05, 0.1) is 11.4 Å². The molecule has 5 heteroatoms. The second-order valence-electron chi connectivity index (χ2n) is 3.86. The van der Waals surface area contributed by atoms with Crippen LogP contribution < -0.4 is 5.73 Å². The van der Waals surface area contributed by atoms with Gasteiger partial charge in [-0.15, -0.1) is 6.42 Å². The number of nitrogens with zero attached hydrogens (tertiary/aromatic N) is 1. The Labute approximate surface area is 109 Å². The van der Waals surface area contributed by atoms with E-state index in [0.29, 0.717) is 18.7 Å². The molecule has 18 heavy (non-hydrogen) atoms. The summed E-state index contributed by atoms with van der Waals surface area (Å²) in [6.07, 6.45) is 5.83. The highest BCUT2D eigenvalue weighted by atomic mass is 32.2. The second-order valence-corrected chi connectivity index (χ2v) is 5.76.